The molecule has 0 aliphatic heterocycles. The third-order valence-electron chi connectivity index (χ3n) is 3.03. The fraction of sp³-hybridized carbons (Fsp3) is 0.125. The molecule has 0 saturated heterocycles. The maximum absolute atomic E-state index is 12.5. The molecule has 2 aromatic carbocycles. The van der Waals surface area contributed by atoms with Gasteiger partial charge in [-0.1, -0.05) is 23.9 Å². The topological polar surface area (TPSA) is 98.5 Å². The second kappa shape index (κ2) is 8.90. The number of amides is 1. The van der Waals surface area contributed by atoms with Gasteiger partial charge in [0.25, 0.3) is 17.4 Å². The lowest BCUT2D eigenvalue weighted by atomic mass is 10.2. The lowest BCUT2D eigenvalue weighted by Crippen LogP contribution is -2.21. The Bertz CT molecular complexity index is 815. The van der Waals surface area contributed by atoms with Gasteiger partial charge in [-0.3, -0.25) is 14.9 Å². The molecule has 0 spiro atoms. The highest BCUT2D eigenvalue weighted by Gasteiger charge is 2.15. The van der Waals surface area contributed by atoms with Gasteiger partial charge in [0.05, 0.1) is 16.2 Å². The Hall–Kier alpha value is -3.01. The number of non-ortho nitro benzene ring substituents is 1. The van der Waals surface area contributed by atoms with E-state index in [9.17, 15) is 28.5 Å². The summed E-state index contributed by atoms with van der Waals surface area (Å²) in [4.78, 5) is 33.8. The van der Waals surface area contributed by atoms with Crippen LogP contribution in [0.2, 0.25) is 0 Å². The molecule has 0 aliphatic rings. The van der Waals surface area contributed by atoms with E-state index >= 15 is 0 Å². The number of esters is 1. The van der Waals surface area contributed by atoms with Gasteiger partial charge in [0.2, 0.25) is 0 Å². The number of hydrogen-bond acceptors (Lipinski definition) is 6. The van der Waals surface area contributed by atoms with Crippen molar-refractivity contribution in [2.45, 2.75) is 10.7 Å². The predicted octanol–water partition coefficient (Wildman–Crippen LogP) is 3.71. The predicted molar refractivity (Wildman–Crippen MR) is 90.3 cm³/mol. The first-order valence-corrected chi connectivity index (χ1v) is 8.00. The van der Waals surface area contributed by atoms with Gasteiger partial charge in [-0.2, -0.15) is 8.78 Å². The molecular formula is C16H12F2N2O5S. The van der Waals surface area contributed by atoms with Crippen LogP contribution in [-0.4, -0.2) is 29.2 Å². The summed E-state index contributed by atoms with van der Waals surface area (Å²) in [6.07, 6.45) is 0. The van der Waals surface area contributed by atoms with Crippen LogP contribution in [0, 0.1) is 10.1 Å². The van der Waals surface area contributed by atoms with Crippen molar-refractivity contribution >= 4 is 35.0 Å². The Morgan fingerprint density at radius 1 is 1.15 bits per heavy atom. The Morgan fingerprint density at radius 2 is 1.81 bits per heavy atom. The number of alkyl halides is 2. The first-order valence-electron chi connectivity index (χ1n) is 7.12. The molecule has 0 aromatic heterocycles. The van der Waals surface area contributed by atoms with Crippen LogP contribution in [0.5, 0.6) is 0 Å². The number of thioether (sulfide) groups is 1. The van der Waals surface area contributed by atoms with Crippen molar-refractivity contribution in [2.24, 2.45) is 0 Å². The Morgan fingerprint density at radius 3 is 2.42 bits per heavy atom. The maximum Gasteiger partial charge on any atom is 0.338 e. The molecule has 0 bridgehead atoms. The maximum atomic E-state index is 12.5. The molecule has 0 saturated carbocycles. The van der Waals surface area contributed by atoms with Crippen molar-refractivity contribution in [3.8, 4) is 0 Å². The molecule has 0 radical (unpaired) electrons. The third-order valence-corrected chi connectivity index (χ3v) is 3.81. The Kier molecular flexibility index (Phi) is 6.61. The Balaban J connectivity index is 1.92. The normalized spacial score (nSPS) is 10.4. The molecule has 10 heteroatoms. The van der Waals surface area contributed by atoms with Crippen molar-refractivity contribution in [3.05, 3.63) is 64.2 Å². The minimum Gasteiger partial charge on any atom is -0.452 e. The molecule has 1 amide bonds. The van der Waals surface area contributed by atoms with E-state index in [1.165, 1.54) is 24.3 Å². The van der Waals surface area contributed by atoms with E-state index in [1.54, 1.807) is 12.1 Å². The molecule has 136 valence electrons. The molecule has 0 unspecified atom stereocenters. The summed E-state index contributed by atoms with van der Waals surface area (Å²) in [6, 6.07) is 10.7. The minimum atomic E-state index is -2.65. The number of nitrogens with zero attached hydrogens (tertiary/aromatic N) is 1. The van der Waals surface area contributed by atoms with Gasteiger partial charge in [-0.15, -0.1) is 0 Å². The molecule has 2 aromatic rings. The number of nitro benzene ring substituents is 1. The van der Waals surface area contributed by atoms with Crippen molar-refractivity contribution < 1.29 is 28.0 Å². The molecule has 1 N–H and O–H groups in total. The second-order valence-corrected chi connectivity index (χ2v) is 5.83. The molecular weight excluding hydrogens is 370 g/mol. The van der Waals surface area contributed by atoms with Gasteiger partial charge in [0.1, 0.15) is 0 Å². The lowest BCUT2D eigenvalue weighted by molar-refractivity contribution is -0.384. The lowest BCUT2D eigenvalue weighted by Gasteiger charge is -2.10. The number of rotatable bonds is 7. The number of halogens is 2. The average Bonchev–Trinajstić information content (AvgIpc) is 2.61. The zero-order valence-electron chi connectivity index (χ0n) is 13.1. The van der Waals surface area contributed by atoms with Crippen LogP contribution in [0.25, 0.3) is 0 Å². The van der Waals surface area contributed by atoms with Gasteiger partial charge in [-0.05, 0) is 24.3 Å². The summed E-state index contributed by atoms with van der Waals surface area (Å²) in [5.41, 5.74) is 0.0265. The molecule has 0 fully saturated rings. The number of nitro groups is 1. The molecule has 0 aliphatic carbocycles. The first-order chi connectivity index (χ1) is 12.4. The van der Waals surface area contributed by atoms with Crippen LogP contribution < -0.4 is 5.32 Å². The van der Waals surface area contributed by atoms with E-state index in [2.05, 4.69) is 5.32 Å². The number of nitrogens with one attached hydrogen (secondary N) is 1. The van der Waals surface area contributed by atoms with Crippen LogP contribution in [-0.2, 0) is 9.53 Å². The van der Waals surface area contributed by atoms with Crippen molar-refractivity contribution in [1.82, 2.24) is 0 Å². The summed E-state index contributed by atoms with van der Waals surface area (Å²) in [6.45, 7) is -0.635. The fourth-order valence-corrected chi connectivity index (χ4v) is 2.48. The van der Waals surface area contributed by atoms with E-state index < -0.39 is 29.2 Å². The van der Waals surface area contributed by atoms with Gasteiger partial charge < -0.3 is 10.1 Å². The number of ether oxygens (including phenoxy) is 1. The number of anilines is 1. The largest absolute Gasteiger partial charge is 0.452 e. The monoisotopic (exact) mass is 382 g/mol. The van der Waals surface area contributed by atoms with E-state index in [0.29, 0.717) is 0 Å². The quantitative estimate of drug-likeness (QED) is 0.339. The van der Waals surface area contributed by atoms with E-state index in [-0.39, 0.29) is 33.6 Å². The SMILES string of the molecule is O=C(COC(=O)c1ccc([N+](=O)[O-])cc1)Nc1ccccc1SC(F)F. The second-order valence-electron chi connectivity index (χ2n) is 4.80. The number of carbonyl (C=O) groups is 2. The molecule has 2 rings (SSSR count). The van der Waals surface area contributed by atoms with Crippen LogP contribution in [0.3, 0.4) is 0 Å². The summed E-state index contributed by atoms with van der Waals surface area (Å²) < 4.78 is 29.8. The summed E-state index contributed by atoms with van der Waals surface area (Å²) >= 11 is 0.281. The minimum absolute atomic E-state index is 0.0389. The number of benzene rings is 2. The summed E-state index contributed by atoms with van der Waals surface area (Å²) in [7, 11) is 0. The van der Waals surface area contributed by atoms with Crippen LogP contribution in [0.15, 0.2) is 53.4 Å². The summed E-state index contributed by atoms with van der Waals surface area (Å²) in [5.74, 6) is -4.19. The van der Waals surface area contributed by atoms with Gasteiger partial charge in [-0.25, -0.2) is 4.79 Å². The zero-order valence-corrected chi connectivity index (χ0v) is 13.9. The van der Waals surface area contributed by atoms with Crippen molar-refractivity contribution in [2.75, 3.05) is 11.9 Å². The van der Waals surface area contributed by atoms with E-state index in [0.717, 1.165) is 12.1 Å². The van der Waals surface area contributed by atoms with Crippen LogP contribution in [0.4, 0.5) is 20.2 Å². The summed E-state index contributed by atoms with van der Waals surface area (Å²) in [5, 5.41) is 12.9. The van der Waals surface area contributed by atoms with Gasteiger partial charge >= 0.3 is 5.97 Å². The highest BCUT2D eigenvalue weighted by molar-refractivity contribution is 7.99. The van der Waals surface area contributed by atoms with E-state index in [1.807, 2.05) is 0 Å². The Labute approximate surface area is 150 Å². The standard InChI is InChI=1S/C16H12F2N2O5S/c17-16(18)26-13-4-2-1-3-12(13)19-14(21)9-25-15(22)10-5-7-11(8-6-10)20(23)24/h1-8,16H,9H2,(H,19,21). The number of hydrogen-bond donors (Lipinski definition) is 1. The van der Waals surface area contributed by atoms with Gasteiger partial charge in [0, 0.05) is 17.0 Å². The van der Waals surface area contributed by atoms with Crippen LogP contribution >= 0.6 is 11.8 Å². The zero-order chi connectivity index (χ0) is 19.1. The third kappa shape index (κ3) is 5.52. The average molecular weight is 382 g/mol. The molecule has 7 nitrogen and oxygen atoms in total. The molecule has 0 atom stereocenters. The molecule has 0 heterocycles. The highest BCUT2D eigenvalue weighted by Crippen LogP contribution is 2.31. The van der Waals surface area contributed by atoms with E-state index in [4.69, 9.17) is 4.74 Å². The fourth-order valence-electron chi connectivity index (χ4n) is 1.89. The van der Waals surface area contributed by atoms with Crippen molar-refractivity contribution in [1.29, 1.82) is 0 Å². The first kappa shape index (κ1) is 19.3. The van der Waals surface area contributed by atoms with Crippen molar-refractivity contribution in [3.63, 3.8) is 0 Å². The van der Waals surface area contributed by atoms with Crippen LogP contribution in [0.1, 0.15) is 10.4 Å². The smallest absolute Gasteiger partial charge is 0.338 e. The number of carbonyl (C=O) groups excluding carboxylic acids is 2. The van der Waals surface area contributed by atoms with Gasteiger partial charge in [0.15, 0.2) is 6.61 Å². The highest BCUT2D eigenvalue weighted by atomic mass is 32.2. The molecule has 26 heavy (non-hydrogen) atoms. The number of para-hydroxylation sites is 1.